The lowest BCUT2D eigenvalue weighted by Gasteiger charge is -2.30. The summed E-state index contributed by atoms with van der Waals surface area (Å²) in [5.41, 5.74) is 1.98. The average molecular weight is 274 g/mol. The summed E-state index contributed by atoms with van der Waals surface area (Å²) >= 11 is 0. The summed E-state index contributed by atoms with van der Waals surface area (Å²) in [7, 11) is 0. The Morgan fingerprint density at radius 1 is 1.15 bits per heavy atom. The molecule has 1 fully saturated rings. The molecular formula is C15H18N2O3. The van der Waals surface area contributed by atoms with Crippen molar-refractivity contribution < 1.29 is 14.4 Å². The highest BCUT2D eigenvalue weighted by Crippen LogP contribution is 2.18. The van der Waals surface area contributed by atoms with Gasteiger partial charge in [0.1, 0.15) is 5.92 Å². The molecule has 0 saturated carbocycles. The number of nitrogens with zero attached hydrogens (tertiary/aromatic N) is 1. The van der Waals surface area contributed by atoms with E-state index in [1.54, 1.807) is 0 Å². The van der Waals surface area contributed by atoms with Crippen molar-refractivity contribution >= 4 is 17.8 Å². The number of rotatable bonds is 4. The summed E-state index contributed by atoms with van der Waals surface area (Å²) in [4.78, 5) is 36.8. The number of carbonyl (C=O) groups is 3. The van der Waals surface area contributed by atoms with E-state index in [0.717, 1.165) is 22.4 Å². The molecule has 1 heterocycles. The van der Waals surface area contributed by atoms with E-state index in [1.807, 2.05) is 38.1 Å². The third-order valence-electron chi connectivity index (χ3n) is 3.39. The van der Waals surface area contributed by atoms with Crippen LogP contribution in [0.4, 0.5) is 4.79 Å². The molecule has 1 aromatic carbocycles. The fourth-order valence-corrected chi connectivity index (χ4v) is 2.23. The van der Waals surface area contributed by atoms with Gasteiger partial charge in [-0.2, -0.15) is 0 Å². The second-order valence-corrected chi connectivity index (χ2v) is 5.05. The molecule has 1 saturated heterocycles. The van der Waals surface area contributed by atoms with Crippen molar-refractivity contribution in [3.63, 3.8) is 0 Å². The molecule has 1 aromatic rings. The van der Waals surface area contributed by atoms with E-state index in [1.165, 1.54) is 0 Å². The minimum Gasteiger partial charge on any atom is -0.277 e. The maximum atomic E-state index is 12.3. The highest BCUT2D eigenvalue weighted by Gasteiger charge is 2.39. The van der Waals surface area contributed by atoms with Crippen LogP contribution in [-0.2, 0) is 16.1 Å². The smallest absolute Gasteiger partial charge is 0.277 e. The summed E-state index contributed by atoms with van der Waals surface area (Å²) in [5.74, 6) is -1.63. The third-order valence-corrected chi connectivity index (χ3v) is 3.39. The van der Waals surface area contributed by atoms with Crippen LogP contribution in [0.25, 0.3) is 0 Å². The van der Waals surface area contributed by atoms with Gasteiger partial charge in [0, 0.05) is 0 Å². The minimum absolute atomic E-state index is 0.193. The molecule has 0 spiro atoms. The van der Waals surface area contributed by atoms with Gasteiger partial charge in [-0.3, -0.25) is 19.8 Å². The maximum absolute atomic E-state index is 12.3. The minimum atomic E-state index is -0.747. The Balaban J connectivity index is 2.16. The van der Waals surface area contributed by atoms with Gasteiger partial charge in [0.05, 0.1) is 6.54 Å². The quantitative estimate of drug-likeness (QED) is 0.854. The summed E-state index contributed by atoms with van der Waals surface area (Å²) in [6.45, 7) is 4.07. The normalized spacial score (nSPS) is 19.2. The number of benzene rings is 1. The molecule has 0 bridgehead atoms. The molecule has 1 aliphatic rings. The van der Waals surface area contributed by atoms with Crippen molar-refractivity contribution in [2.75, 3.05) is 0 Å². The number of imide groups is 2. The van der Waals surface area contributed by atoms with Crippen LogP contribution in [0.3, 0.4) is 0 Å². The molecule has 5 heteroatoms. The first-order chi connectivity index (χ1) is 9.52. The van der Waals surface area contributed by atoms with E-state index in [-0.39, 0.29) is 6.54 Å². The van der Waals surface area contributed by atoms with E-state index in [9.17, 15) is 14.4 Å². The largest absolute Gasteiger partial charge is 0.331 e. The van der Waals surface area contributed by atoms with E-state index >= 15 is 0 Å². The summed E-state index contributed by atoms with van der Waals surface area (Å²) in [6, 6.07) is 6.97. The van der Waals surface area contributed by atoms with Gasteiger partial charge >= 0.3 is 6.03 Å². The van der Waals surface area contributed by atoms with Gasteiger partial charge in [-0.25, -0.2) is 4.79 Å². The van der Waals surface area contributed by atoms with Crippen molar-refractivity contribution in [3.8, 4) is 0 Å². The van der Waals surface area contributed by atoms with Crippen LogP contribution in [0, 0.1) is 12.8 Å². The first-order valence-electron chi connectivity index (χ1n) is 6.74. The third kappa shape index (κ3) is 2.87. The van der Waals surface area contributed by atoms with Crippen molar-refractivity contribution in [2.24, 2.45) is 5.92 Å². The lowest BCUT2D eigenvalue weighted by molar-refractivity contribution is -0.143. The SMILES string of the molecule is CCCC1C(=O)NC(=O)N(Cc2ccc(C)cc2)C1=O. The van der Waals surface area contributed by atoms with Gasteiger partial charge in [0.2, 0.25) is 11.8 Å². The molecule has 0 radical (unpaired) electrons. The van der Waals surface area contributed by atoms with Crippen LogP contribution in [0.1, 0.15) is 30.9 Å². The molecule has 1 aliphatic heterocycles. The standard InChI is InChI=1S/C15H18N2O3/c1-3-4-12-13(18)16-15(20)17(14(12)19)9-11-7-5-10(2)6-8-11/h5-8,12H,3-4,9H2,1-2H3,(H,16,18,20). The van der Waals surface area contributed by atoms with Crippen LogP contribution in [0.15, 0.2) is 24.3 Å². The van der Waals surface area contributed by atoms with Gasteiger partial charge < -0.3 is 0 Å². The number of hydrogen-bond donors (Lipinski definition) is 1. The molecule has 2 rings (SSSR count). The van der Waals surface area contributed by atoms with Gasteiger partial charge in [-0.15, -0.1) is 0 Å². The van der Waals surface area contributed by atoms with Crippen LogP contribution >= 0.6 is 0 Å². The molecule has 0 aliphatic carbocycles. The highest BCUT2D eigenvalue weighted by molar-refractivity contribution is 6.16. The van der Waals surface area contributed by atoms with E-state index in [2.05, 4.69) is 5.32 Å². The molecule has 20 heavy (non-hydrogen) atoms. The second-order valence-electron chi connectivity index (χ2n) is 5.05. The maximum Gasteiger partial charge on any atom is 0.331 e. The zero-order valence-electron chi connectivity index (χ0n) is 11.7. The first kappa shape index (κ1) is 14.2. The van der Waals surface area contributed by atoms with E-state index < -0.39 is 23.8 Å². The molecule has 4 amide bonds. The lowest BCUT2D eigenvalue weighted by atomic mass is 9.99. The Labute approximate surface area is 118 Å². The number of barbiturate groups is 1. The van der Waals surface area contributed by atoms with Gasteiger partial charge in [0.15, 0.2) is 0 Å². The fourth-order valence-electron chi connectivity index (χ4n) is 2.23. The summed E-state index contributed by atoms with van der Waals surface area (Å²) in [5, 5.41) is 2.25. The van der Waals surface area contributed by atoms with Crippen LogP contribution in [0.2, 0.25) is 0 Å². The van der Waals surface area contributed by atoms with Crippen molar-refractivity contribution in [3.05, 3.63) is 35.4 Å². The topological polar surface area (TPSA) is 66.5 Å². The van der Waals surface area contributed by atoms with E-state index in [0.29, 0.717) is 6.42 Å². The molecular weight excluding hydrogens is 256 g/mol. The lowest BCUT2D eigenvalue weighted by Crippen LogP contribution is -2.57. The Morgan fingerprint density at radius 2 is 1.80 bits per heavy atom. The van der Waals surface area contributed by atoms with Gasteiger partial charge in [-0.05, 0) is 18.9 Å². The Kier molecular flexibility index (Phi) is 4.17. The number of hydrogen-bond acceptors (Lipinski definition) is 3. The van der Waals surface area contributed by atoms with E-state index in [4.69, 9.17) is 0 Å². The highest BCUT2D eigenvalue weighted by atomic mass is 16.2. The van der Waals surface area contributed by atoms with Gasteiger partial charge in [0.25, 0.3) is 0 Å². The molecule has 0 aromatic heterocycles. The average Bonchev–Trinajstić information content (AvgIpc) is 2.41. The molecule has 1 unspecified atom stereocenters. The zero-order chi connectivity index (χ0) is 14.7. The molecule has 106 valence electrons. The van der Waals surface area contributed by atoms with Crippen molar-refractivity contribution in [2.45, 2.75) is 33.2 Å². The first-order valence-corrected chi connectivity index (χ1v) is 6.74. The number of nitrogens with one attached hydrogen (secondary N) is 1. The summed E-state index contributed by atoms with van der Waals surface area (Å²) < 4.78 is 0. The monoisotopic (exact) mass is 274 g/mol. The number of urea groups is 1. The number of carbonyl (C=O) groups excluding carboxylic acids is 3. The van der Waals surface area contributed by atoms with Crippen LogP contribution in [-0.4, -0.2) is 22.7 Å². The van der Waals surface area contributed by atoms with Gasteiger partial charge in [-0.1, -0.05) is 43.2 Å². The van der Waals surface area contributed by atoms with Crippen molar-refractivity contribution in [1.29, 1.82) is 0 Å². The zero-order valence-corrected chi connectivity index (χ0v) is 11.7. The molecule has 1 atom stereocenters. The summed E-state index contributed by atoms with van der Waals surface area (Å²) in [6.07, 6.45) is 1.18. The Hall–Kier alpha value is -2.17. The Bertz CT molecular complexity index is 537. The molecule has 1 N–H and O–H groups in total. The fraction of sp³-hybridized carbons (Fsp3) is 0.400. The molecule has 5 nitrogen and oxygen atoms in total. The second kappa shape index (κ2) is 5.86. The van der Waals surface area contributed by atoms with Crippen LogP contribution < -0.4 is 5.32 Å². The Morgan fingerprint density at radius 3 is 2.40 bits per heavy atom. The number of aryl methyl sites for hydroxylation is 1. The number of amides is 4. The van der Waals surface area contributed by atoms with Crippen molar-refractivity contribution in [1.82, 2.24) is 10.2 Å². The predicted octanol–water partition coefficient (Wildman–Crippen LogP) is 1.99. The van der Waals surface area contributed by atoms with Crippen LogP contribution in [0.5, 0.6) is 0 Å². The predicted molar refractivity (Wildman–Crippen MR) is 73.7 cm³/mol.